The molecule has 0 aliphatic carbocycles. The number of ether oxygens (including phenoxy) is 1. The molecule has 106 valence electrons. The molecule has 1 N–H and O–H groups in total. The molecule has 0 saturated carbocycles. The molecule has 1 fully saturated rings. The number of methoxy groups -OCH3 is 1. The van der Waals surface area contributed by atoms with E-state index < -0.39 is 5.97 Å². The van der Waals surface area contributed by atoms with E-state index in [-0.39, 0.29) is 5.76 Å². The normalized spacial score (nSPS) is 19.6. The minimum absolute atomic E-state index is 0.269. The van der Waals surface area contributed by atoms with Gasteiger partial charge in [0, 0.05) is 6.54 Å². The predicted molar refractivity (Wildman–Crippen MR) is 72.0 cm³/mol. The number of rotatable bonds is 5. The molecule has 0 spiro atoms. The maximum Gasteiger partial charge on any atom is 0.373 e. The molecule has 1 saturated heterocycles. The molecule has 1 aliphatic heterocycles. The second kappa shape index (κ2) is 6.73. The summed E-state index contributed by atoms with van der Waals surface area (Å²) < 4.78 is 10.1. The number of esters is 1. The molecule has 1 unspecified atom stereocenters. The van der Waals surface area contributed by atoms with Crippen LogP contribution in [0.2, 0.25) is 0 Å². The lowest BCUT2D eigenvalue weighted by Crippen LogP contribution is -2.36. The van der Waals surface area contributed by atoms with Gasteiger partial charge >= 0.3 is 5.97 Å². The Balaban J connectivity index is 1.82. The van der Waals surface area contributed by atoms with Crippen LogP contribution in [0.25, 0.3) is 0 Å². The van der Waals surface area contributed by atoms with Crippen molar-refractivity contribution in [2.75, 3.05) is 33.8 Å². The zero-order valence-electron chi connectivity index (χ0n) is 11.6. The molecule has 0 aromatic carbocycles. The number of carbonyl (C=O) groups excluding carboxylic acids is 1. The largest absolute Gasteiger partial charge is 0.463 e. The maximum absolute atomic E-state index is 11.3. The molecule has 1 atom stereocenters. The van der Waals surface area contributed by atoms with Gasteiger partial charge in [0.2, 0.25) is 5.76 Å². The van der Waals surface area contributed by atoms with E-state index in [1.807, 2.05) is 6.07 Å². The van der Waals surface area contributed by atoms with Crippen molar-refractivity contribution >= 4 is 5.97 Å². The van der Waals surface area contributed by atoms with Gasteiger partial charge in [0.15, 0.2) is 0 Å². The van der Waals surface area contributed by atoms with Gasteiger partial charge < -0.3 is 14.5 Å². The molecule has 19 heavy (non-hydrogen) atoms. The second-order valence-corrected chi connectivity index (χ2v) is 5.17. The summed E-state index contributed by atoms with van der Waals surface area (Å²) in [5, 5.41) is 3.42. The Labute approximate surface area is 113 Å². The Kier molecular flexibility index (Phi) is 4.99. The zero-order chi connectivity index (χ0) is 13.7. The van der Waals surface area contributed by atoms with Crippen LogP contribution < -0.4 is 5.32 Å². The van der Waals surface area contributed by atoms with Gasteiger partial charge in [-0.25, -0.2) is 4.79 Å². The van der Waals surface area contributed by atoms with Gasteiger partial charge in [0.1, 0.15) is 5.76 Å². The molecule has 5 nitrogen and oxygen atoms in total. The van der Waals surface area contributed by atoms with Gasteiger partial charge in [-0.2, -0.15) is 0 Å². The lowest BCUT2D eigenvalue weighted by atomic mass is 9.99. The van der Waals surface area contributed by atoms with Crippen LogP contribution in [-0.4, -0.2) is 44.7 Å². The second-order valence-electron chi connectivity index (χ2n) is 5.17. The van der Waals surface area contributed by atoms with Crippen molar-refractivity contribution in [2.24, 2.45) is 5.92 Å². The van der Waals surface area contributed by atoms with Gasteiger partial charge in [-0.1, -0.05) is 0 Å². The van der Waals surface area contributed by atoms with Gasteiger partial charge in [-0.05, 0) is 51.0 Å². The Hall–Kier alpha value is -1.33. The number of nitrogens with zero attached hydrogens (tertiary/aromatic N) is 1. The summed E-state index contributed by atoms with van der Waals surface area (Å²) in [4.78, 5) is 13.5. The highest BCUT2D eigenvalue weighted by atomic mass is 16.5. The van der Waals surface area contributed by atoms with E-state index >= 15 is 0 Å². The summed E-state index contributed by atoms with van der Waals surface area (Å²) in [7, 11) is 3.43. The Morgan fingerprint density at radius 2 is 2.42 bits per heavy atom. The van der Waals surface area contributed by atoms with Crippen LogP contribution in [-0.2, 0) is 11.3 Å². The fourth-order valence-corrected chi connectivity index (χ4v) is 2.52. The van der Waals surface area contributed by atoms with E-state index in [1.165, 1.54) is 20.0 Å². The number of furan rings is 1. The molecule has 2 rings (SSSR count). The van der Waals surface area contributed by atoms with Crippen LogP contribution in [0.4, 0.5) is 0 Å². The SMILES string of the molecule is COC(=O)c1ccc(CN(C)CC2CCCNC2)o1. The summed E-state index contributed by atoms with van der Waals surface area (Å²) in [5.41, 5.74) is 0. The third-order valence-electron chi connectivity index (χ3n) is 3.44. The number of nitrogens with one attached hydrogen (secondary N) is 1. The zero-order valence-corrected chi connectivity index (χ0v) is 11.6. The van der Waals surface area contributed by atoms with Crippen molar-refractivity contribution in [3.05, 3.63) is 23.7 Å². The Bertz CT molecular complexity index is 411. The van der Waals surface area contributed by atoms with Crippen LogP contribution in [0.3, 0.4) is 0 Å². The highest BCUT2D eigenvalue weighted by Gasteiger charge is 2.17. The van der Waals surface area contributed by atoms with Gasteiger partial charge in [0.25, 0.3) is 0 Å². The first-order chi connectivity index (χ1) is 9.19. The molecular weight excluding hydrogens is 244 g/mol. The summed E-state index contributed by atoms with van der Waals surface area (Å²) in [6.07, 6.45) is 2.54. The van der Waals surface area contributed by atoms with Crippen LogP contribution in [0.1, 0.15) is 29.2 Å². The van der Waals surface area contributed by atoms with Gasteiger partial charge in [-0.15, -0.1) is 0 Å². The van der Waals surface area contributed by atoms with Gasteiger partial charge in [0.05, 0.1) is 13.7 Å². The maximum atomic E-state index is 11.3. The molecule has 2 heterocycles. The fourth-order valence-electron chi connectivity index (χ4n) is 2.52. The van der Waals surface area contributed by atoms with Crippen molar-refractivity contribution in [3.63, 3.8) is 0 Å². The molecule has 1 aromatic heterocycles. The lowest BCUT2D eigenvalue weighted by molar-refractivity contribution is 0.0561. The highest BCUT2D eigenvalue weighted by Crippen LogP contribution is 2.14. The average molecular weight is 266 g/mol. The Morgan fingerprint density at radius 3 is 3.11 bits per heavy atom. The van der Waals surface area contributed by atoms with E-state index in [0.29, 0.717) is 12.5 Å². The summed E-state index contributed by atoms with van der Waals surface area (Å²) in [5.74, 6) is 1.34. The van der Waals surface area contributed by atoms with Crippen molar-refractivity contribution in [1.29, 1.82) is 0 Å². The molecule has 1 aromatic rings. The quantitative estimate of drug-likeness (QED) is 0.818. The molecule has 0 bridgehead atoms. The minimum atomic E-state index is -0.426. The molecule has 0 radical (unpaired) electrons. The first kappa shape index (κ1) is 14.1. The van der Waals surface area contributed by atoms with E-state index in [1.54, 1.807) is 6.07 Å². The van der Waals surface area contributed by atoms with Crippen molar-refractivity contribution in [3.8, 4) is 0 Å². The topological polar surface area (TPSA) is 54.7 Å². The molecular formula is C14H22N2O3. The summed E-state index contributed by atoms with van der Waals surface area (Å²) in [6.45, 7) is 3.99. The van der Waals surface area contributed by atoms with E-state index in [0.717, 1.165) is 25.4 Å². The first-order valence-electron chi connectivity index (χ1n) is 6.75. The number of hydrogen-bond acceptors (Lipinski definition) is 5. The smallest absolute Gasteiger partial charge is 0.373 e. The first-order valence-corrected chi connectivity index (χ1v) is 6.75. The van der Waals surface area contributed by atoms with Crippen LogP contribution in [0, 0.1) is 5.92 Å². The average Bonchev–Trinajstić information content (AvgIpc) is 2.87. The van der Waals surface area contributed by atoms with Crippen LogP contribution >= 0.6 is 0 Å². The van der Waals surface area contributed by atoms with Crippen molar-refractivity contribution < 1.29 is 13.9 Å². The summed E-state index contributed by atoms with van der Waals surface area (Å²) >= 11 is 0. The number of piperidine rings is 1. The van der Waals surface area contributed by atoms with E-state index in [2.05, 4.69) is 22.0 Å². The Morgan fingerprint density at radius 1 is 1.58 bits per heavy atom. The number of hydrogen-bond donors (Lipinski definition) is 1. The van der Waals surface area contributed by atoms with E-state index in [4.69, 9.17) is 4.42 Å². The molecule has 1 aliphatic rings. The molecule has 0 amide bonds. The van der Waals surface area contributed by atoms with Crippen molar-refractivity contribution in [2.45, 2.75) is 19.4 Å². The monoisotopic (exact) mass is 266 g/mol. The van der Waals surface area contributed by atoms with Crippen LogP contribution in [0.5, 0.6) is 0 Å². The minimum Gasteiger partial charge on any atom is -0.463 e. The van der Waals surface area contributed by atoms with Gasteiger partial charge in [-0.3, -0.25) is 4.90 Å². The highest BCUT2D eigenvalue weighted by molar-refractivity contribution is 5.86. The molecule has 5 heteroatoms. The predicted octanol–water partition coefficient (Wildman–Crippen LogP) is 1.50. The van der Waals surface area contributed by atoms with E-state index in [9.17, 15) is 4.79 Å². The standard InChI is InChI=1S/C14H22N2O3/c1-16(9-11-4-3-7-15-8-11)10-12-5-6-13(19-12)14(17)18-2/h5-6,11,15H,3-4,7-10H2,1-2H3. The number of carbonyl (C=O) groups is 1. The third-order valence-corrected chi connectivity index (χ3v) is 3.44. The summed E-state index contributed by atoms with van der Waals surface area (Å²) in [6, 6.07) is 3.50. The fraction of sp³-hybridized carbons (Fsp3) is 0.643. The lowest BCUT2D eigenvalue weighted by Gasteiger charge is -2.27. The third kappa shape index (κ3) is 4.08. The van der Waals surface area contributed by atoms with Crippen molar-refractivity contribution in [1.82, 2.24) is 10.2 Å². The van der Waals surface area contributed by atoms with Crippen LogP contribution in [0.15, 0.2) is 16.5 Å².